The first-order chi connectivity index (χ1) is 17.6. The van der Waals surface area contributed by atoms with Crippen molar-refractivity contribution in [2.24, 2.45) is 0 Å². The fraction of sp³-hybridized carbons (Fsp3) is 0.296. The maximum Gasteiger partial charge on any atom is 0.224 e. The first kappa shape index (κ1) is 25.1. The lowest BCUT2D eigenvalue weighted by Crippen LogP contribution is -2.35. The van der Waals surface area contributed by atoms with Gasteiger partial charge in [-0.2, -0.15) is 9.64 Å². The van der Waals surface area contributed by atoms with Crippen LogP contribution in [0.25, 0.3) is 0 Å². The number of aromatic nitrogens is 3. The molecule has 0 unspecified atom stereocenters. The number of nitrogens with zero attached hydrogens (tertiary/aromatic N) is 6. The molecule has 4 aromatic rings. The van der Waals surface area contributed by atoms with Crippen molar-refractivity contribution in [2.75, 3.05) is 18.0 Å². The van der Waals surface area contributed by atoms with Gasteiger partial charge in [0.15, 0.2) is 0 Å². The zero-order valence-corrected chi connectivity index (χ0v) is 21.0. The van der Waals surface area contributed by atoms with Crippen LogP contribution in [0, 0.1) is 18.3 Å². The van der Waals surface area contributed by atoms with Gasteiger partial charge in [-0.15, -0.1) is 0 Å². The summed E-state index contributed by atoms with van der Waals surface area (Å²) in [6, 6.07) is 18.0. The third-order valence-corrected chi connectivity index (χ3v) is 6.49. The largest absolute Gasteiger partial charge is 0.467 e. The van der Waals surface area contributed by atoms with Crippen LogP contribution in [0.15, 0.2) is 71.6 Å². The van der Waals surface area contributed by atoms with E-state index >= 15 is 0 Å². The average molecular weight is 501 g/mol. The van der Waals surface area contributed by atoms with E-state index in [1.54, 1.807) is 23.6 Å². The summed E-state index contributed by atoms with van der Waals surface area (Å²) in [4.78, 5) is 25.8. The lowest BCUT2D eigenvalue weighted by molar-refractivity contribution is -0.131. The lowest BCUT2D eigenvalue weighted by Gasteiger charge is -2.24. The number of benzene rings is 1. The predicted octanol–water partition coefficient (Wildman–Crippen LogP) is 4.76. The summed E-state index contributed by atoms with van der Waals surface area (Å²) in [5.41, 5.74) is 3.30. The molecule has 36 heavy (non-hydrogen) atoms. The van der Waals surface area contributed by atoms with E-state index in [-0.39, 0.29) is 18.7 Å². The predicted molar refractivity (Wildman–Crippen MR) is 138 cm³/mol. The Bertz CT molecular complexity index is 1270. The molecule has 0 N–H and O–H groups in total. The number of hydrogen-bond donors (Lipinski definition) is 0. The minimum atomic E-state index is -0.0251. The van der Waals surface area contributed by atoms with E-state index in [0.29, 0.717) is 32.6 Å². The fourth-order valence-corrected chi connectivity index (χ4v) is 4.45. The van der Waals surface area contributed by atoms with Crippen LogP contribution >= 0.6 is 11.5 Å². The van der Waals surface area contributed by atoms with Gasteiger partial charge in [0, 0.05) is 56.4 Å². The van der Waals surface area contributed by atoms with Gasteiger partial charge in [-0.3, -0.25) is 9.78 Å². The molecule has 0 fully saturated rings. The number of carbonyl (C=O) groups excluding carboxylic acids is 1. The van der Waals surface area contributed by atoms with Crippen LogP contribution in [-0.2, 0) is 24.3 Å². The van der Waals surface area contributed by atoms with E-state index in [9.17, 15) is 4.79 Å². The standard InChI is InChI=1S/C27H28N6O2S/c1-21-7-9-22(10-8-21)17-25-30-27(36-31-25)33(20-24-6-3-16-35-24)15-11-26(34)32(14-4-12-28)19-23-5-2-13-29-18-23/h2-3,5-10,13,16,18H,4,11,14-15,17,19-20H2,1H3. The van der Waals surface area contributed by atoms with Crippen molar-refractivity contribution in [3.8, 4) is 6.07 Å². The van der Waals surface area contributed by atoms with Crippen molar-refractivity contribution >= 4 is 22.6 Å². The number of carbonyl (C=O) groups is 1. The maximum atomic E-state index is 13.2. The van der Waals surface area contributed by atoms with E-state index in [4.69, 9.17) is 14.7 Å². The molecule has 1 aromatic carbocycles. The van der Waals surface area contributed by atoms with E-state index in [1.807, 2.05) is 29.2 Å². The highest BCUT2D eigenvalue weighted by Gasteiger charge is 2.19. The SMILES string of the molecule is Cc1ccc(Cc2nsc(N(CCC(=O)N(CCC#N)Cc3cccnc3)Cc3ccco3)n2)cc1. The fourth-order valence-electron chi connectivity index (χ4n) is 3.74. The molecule has 0 aliphatic heterocycles. The number of pyridine rings is 1. The molecule has 3 aromatic heterocycles. The Morgan fingerprint density at radius 1 is 1.08 bits per heavy atom. The molecule has 0 aliphatic carbocycles. The zero-order chi connectivity index (χ0) is 25.2. The topological polar surface area (TPSA) is 99.2 Å². The number of rotatable bonds is 12. The smallest absolute Gasteiger partial charge is 0.224 e. The van der Waals surface area contributed by atoms with Crippen molar-refractivity contribution in [2.45, 2.75) is 39.3 Å². The van der Waals surface area contributed by atoms with Gasteiger partial charge < -0.3 is 14.2 Å². The van der Waals surface area contributed by atoms with Crippen molar-refractivity contribution in [3.63, 3.8) is 0 Å². The van der Waals surface area contributed by atoms with Crippen molar-refractivity contribution in [1.82, 2.24) is 19.2 Å². The summed E-state index contributed by atoms with van der Waals surface area (Å²) >= 11 is 1.33. The van der Waals surface area contributed by atoms with Crippen LogP contribution in [0.3, 0.4) is 0 Å². The summed E-state index contributed by atoms with van der Waals surface area (Å²) in [6.45, 7) is 3.80. The summed E-state index contributed by atoms with van der Waals surface area (Å²) in [5.74, 6) is 1.51. The van der Waals surface area contributed by atoms with Crippen molar-refractivity contribution in [3.05, 3.63) is 95.5 Å². The molecule has 0 radical (unpaired) electrons. The molecule has 8 nitrogen and oxygen atoms in total. The Morgan fingerprint density at radius 3 is 2.67 bits per heavy atom. The van der Waals surface area contributed by atoms with Crippen LogP contribution in [0.5, 0.6) is 0 Å². The van der Waals surface area contributed by atoms with Crippen molar-refractivity contribution in [1.29, 1.82) is 5.26 Å². The number of hydrogen-bond acceptors (Lipinski definition) is 8. The van der Waals surface area contributed by atoms with Crippen LogP contribution < -0.4 is 4.90 Å². The van der Waals surface area contributed by atoms with Gasteiger partial charge in [-0.05, 0) is 36.2 Å². The van der Waals surface area contributed by atoms with Crippen molar-refractivity contribution < 1.29 is 9.21 Å². The second-order valence-electron chi connectivity index (χ2n) is 8.49. The molecule has 0 saturated heterocycles. The molecule has 0 saturated carbocycles. The molecular weight excluding hydrogens is 472 g/mol. The Kier molecular flexibility index (Phi) is 8.78. The quantitative estimate of drug-likeness (QED) is 0.276. The van der Waals surface area contributed by atoms with E-state index in [0.717, 1.165) is 27.8 Å². The normalized spacial score (nSPS) is 10.7. The van der Waals surface area contributed by atoms with Crippen LogP contribution in [0.1, 0.15) is 41.1 Å². The van der Waals surface area contributed by atoms with Gasteiger partial charge in [0.2, 0.25) is 11.0 Å². The van der Waals surface area contributed by atoms with Gasteiger partial charge in [0.05, 0.1) is 25.3 Å². The highest BCUT2D eigenvalue weighted by Crippen LogP contribution is 2.22. The number of amides is 1. The number of furan rings is 1. The molecule has 0 atom stereocenters. The molecule has 0 bridgehead atoms. The summed E-state index contributed by atoms with van der Waals surface area (Å²) in [5, 5.41) is 9.81. The first-order valence-electron chi connectivity index (χ1n) is 11.8. The minimum absolute atomic E-state index is 0.0251. The highest BCUT2D eigenvalue weighted by atomic mass is 32.1. The first-order valence-corrected chi connectivity index (χ1v) is 12.6. The van der Waals surface area contributed by atoms with E-state index < -0.39 is 0 Å². The Hall–Kier alpha value is -4.03. The Labute approximate surface area is 215 Å². The number of aryl methyl sites for hydroxylation is 1. The Morgan fingerprint density at radius 2 is 1.94 bits per heavy atom. The molecule has 4 rings (SSSR count). The summed E-state index contributed by atoms with van der Waals surface area (Å²) in [6.07, 6.45) is 6.29. The number of anilines is 1. The number of nitriles is 1. The van der Waals surface area contributed by atoms with E-state index in [1.165, 1.54) is 17.1 Å². The third kappa shape index (κ3) is 7.23. The monoisotopic (exact) mass is 500 g/mol. The van der Waals surface area contributed by atoms with Gasteiger partial charge >= 0.3 is 0 Å². The molecule has 3 heterocycles. The molecule has 9 heteroatoms. The lowest BCUT2D eigenvalue weighted by atomic mass is 10.1. The second-order valence-corrected chi connectivity index (χ2v) is 9.22. The molecule has 184 valence electrons. The Balaban J connectivity index is 1.45. The second kappa shape index (κ2) is 12.6. The van der Waals surface area contributed by atoms with E-state index in [2.05, 4.69) is 46.6 Å². The van der Waals surface area contributed by atoms with Gasteiger partial charge in [-0.1, -0.05) is 35.9 Å². The molecule has 1 amide bonds. The van der Waals surface area contributed by atoms with Crippen LogP contribution in [0.2, 0.25) is 0 Å². The highest BCUT2D eigenvalue weighted by molar-refractivity contribution is 7.09. The molecule has 0 aliphatic rings. The van der Waals surface area contributed by atoms with Gasteiger partial charge in [0.25, 0.3) is 0 Å². The summed E-state index contributed by atoms with van der Waals surface area (Å²) in [7, 11) is 0. The van der Waals surface area contributed by atoms with Crippen LogP contribution in [-0.4, -0.2) is 38.2 Å². The average Bonchev–Trinajstić information content (AvgIpc) is 3.58. The molecule has 0 spiro atoms. The maximum absolute atomic E-state index is 13.2. The zero-order valence-electron chi connectivity index (χ0n) is 20.2. The summed E-state index contributed by atoms with van der Waals surface area (Å²) < 4.78 is 10.1. The van der Waals surface area contributed by atoms with Gasteiger partial charge in [0.1, 0.15) is 11.6 Å². The van der Waals surface area contributed by atoms with Crippen LogP contribution in [0.4, 0.5) is 5.13 Å². The van der Waals surface area contributed by atoms with Gasteiger partial charge in [-0.25, -0.2) is 4.98 Å². The third-order valence-electron chi connectivity index (χ3n) is 5.68. The minimum Gasteiger partial charge on any atom is -0.467 e. The molecular formula is C27H28N6O2S.